The van der Waals surface area contributed by atoms with E-state index in [2.05, 4.69) is 15.5 Å². The van der Waals surface area contributed by atoms with Crippen molar-refractivity contribution in [2.45, 2.75) is 62.7 Å². The van der Waals surface area contributed by atoms with Crippen molar-refractivity contribution in [2.24, 2.45) is 0 Å². The second kappa shape index (κ2) is 12.6. The molecule has 2 N–H and O–H groups in total. The lowest BCUT2D eigenvalue weighted by molar-refractivity contribution is -0.245. The Kier molecular flexibility index (Phi) is 9.28. The molecule has 0 aliphatic carbocycles. The van der Waals surface area contributed by atoms with Gasteiger partial charge in [0.1, 0.15) is 5.01 Å². The summed E-state index contributed by atoms with van der Waals surface area (Å²) in [5.74, 6) is -0.275. The molecule has 0 radical (unpaired) electrons. The topological polar surface area (TPSA) is 120 Å². The number of amides is 1. The molecule has 11 heteroatoms. The Morgan fingerprint density at radius 1 is 1.19 bits per heavy atom. The molecule has 1 aromatic heterocycles. The molecule has 2 aromatic carbocycles. The van der Waals surface area contributed by atoms with Crippen molar-refractivity contribution in [2.75, 3.05) is 11.1 Å². The molecule has 196 valence electrons. The van der Waals surface area contributed by atoms with E-state index in [0.29, 0.717) is 17.9 Å². The quantitative estimate of drug-likeness (QED) is 0.295. The van der Waals surface area contributed by atoms with E-state index in [1.165, 1.54) is 13.8 Å². The van der Waals surface area contributed by atoms with Gasteiger partial charge in [0.15, 0.2) is 16.7 Å². The summed E-state index contributed by atoms with van der Waals surface area (Å²) in [6.45, 7) is 4.68. The molecule has 2 heterocycles. The number of nitrogens with zero attached hydrogens (tertiary/aromatic N) is 2. The SMILES string of the molecule is CC(=O)OC(C)C(=O)Nc1cccc(C2OC(CSc3nnc(C)s3)CC(c3ccc(CO)cc3)O2)c1. The van der Waals surface area contributed by atoms with Gasteiger partial charge in [0.2, 0.25) is 0 Å². The van der Waals surface area contributed by atoms with Crippen molar-refractivity contribution in [1.29, 1.82) is 0 Å². The van der Waals surface area contributed by atoms with Gasteiger partial charge in [-0.1, -0.05) is 59.5 Å². The number of carbonyl (C=O) groups excluding carboxylic acids is 2. The summed E-state index contributed by atoms with van der Waals surface area (Å²) in [5.41, 5.74) is 3.11. The summed E-state index contributed by atoms with van der Waals surface area (Å²) in [4.78, 5) is 23.6. The summed E-state index contributed by atoms with van der Waals surface area (Å²) in [6.07, 6.45) is -1.29. The van der Waals surface area contributed by atoms with Crippen molar-refractivity contribution >= 4 is 40.7 Å². The molecule has 9 nitrogen and oxygen atoms in total. The highest BCUT2D eigenvalue weighted by Crippen LogP contribution is 2.40. The number of thioether (sulfide) groups is 1. The van der Waals surface area contributed by atoms with Crippen LogP contribution in [0.25, 0.3) is 0 Å². The van der Waals surface area contributed by atoms with Crippen LogP contribution in [0.1, 0.15) is 54.4 Å². The van der Waals surface area contributed by atoms with Gasteiger partial charge in [-0.3, -0.25) is 9.59 Å². The molecule has 0 saturated carbocycles. The molecule has 1 aliphatic heterocycles. The normalized spacial score (nSPS) is 20.3. The number of rotatable bonds is 9. The second-order valence-corrected chi connectivity index (χ2v) is 11.1. The van der Waals surface area contributed by atoms with Crippen LogP contribution in [0, 0.1) is 6.92 Å². The number of nitrogens with one attached hydrogen (secondary N) is 1. The number of esters is 1. The average molecular weight is 544 g/mol. The van der Waals surface area contributed by atoms with Gasteiger partial charge < -0.3 is 24.6 Å². The van der Waals surface area contributed by atoms with Gasteiger partial charge >= 0.3 is 5.97 Å². The summed E-state index contributed by atoms with van der Waals surface area (Å²) in [5, 5.41) is 21.4. The smallest absolute Gasteiger partial charge is 0.303 e. The van der Waals surface area contributed by atoms with Gasteiger partial charge in [-0.15, -0.1) is 10.2 Å². The van der Waals surface area contributed by atoms with Crippen molar-refractivity contribution < 1.29 is 28.9 Å². The van der Waals surface area contributed by atoms with Gasteiger partial charge in [0, 0.05) is 30.3 Å². The number of hydrogen-bond acceptors (Lipinski definition) is 10. The molecular formula is C26H29N3O6S2. The fourth-order valence-electron chi connectivity index (χ4n) is 3.83. The lowest BCUT2D eigenvalue weighted by atomic mass is 10.0. The lowest BCUT2D eigenvalue weighted by Crippen LogP contribution is -2.31. The number of ether oxygens (including phenoxy) is 3. The fraction of sp³-hybridized carbons (Fsp3) is 0.385. The molecule has 4 unspecified atom stereocenters. The number of benzene rings is 2. The zero-order chi connectivity index (χ0) is 26.4. The first-order valence-electron chi connectivity index (χ1n) is 11.8. The zero-order valence-corrected chi connectivity index (χ0v) is 22.4. The van der Waals surface area contributed by atoms with Crippen LogP contribution in [0.15, 0.2) is 52.9 Å². The molecule has 4 rings (SSSR count). The van der Waals surface area contributed by atoms with E-state index in [4.69, 9.17) is 14.2 Å². The molecule has 37 heavy (non-hydrogen) atoms. The second-order valence-electron chi connectivity index (χ2n) is 8.61. The lowest BCUT2D eigenvalue weighted by Gasteiger charge is -2.36. The van der Waals surface area contributed by atoms with Crippen LogP contribution in [0.5, 0.6) is 0 Å². The van der Waals surface area contributed by atoms with E-state index < -0.39 is 24.3 Å². The van der Waals surface area contributed by atoms with Crippen molar-refractivity contribution in [3.63, 3.8) is 0 Å². The Balaban J connectivity index is 1.51. The van der Waals surface area contributed by atoms with Crippen LogP contribution in [0.3, 0.4) is 0 Å². The maximum Gasteiger partial charge on any atom is 0.303 e. The summed E-state index contributed by atoms with van der Waals surface area (Å²) in [6, 6.07) is 14.9. The Hall–Kier alpha value is -2.83. The van der Waals surface area contributed by atoms with Gasteiger partial charge in [-0.2, -0.15) is 0 Å². The number of anilines is 1. The van der Waals surface area contributed by atoms with Gasteiger partial charge in [-0.05, 0) is 37.1 Å². The number of aryl methyl sites for hydroxylation is 1. The highest BCUT2D eigenvalue weighted by atomic mass is 32.2. The molecule has 0 spiro atoms. The Morgan fingerprint density at radius 2 is 1.97 bits per heavy atom. The van der Waals surface area contributed by atoms with Gasteiger partial charge in [-0.25, -0.2) is 0 Å². The maximum absolute atomic E-state index is 12.4. The highest BCUT2D eigenvalue weighted by molar-refractivity contribution is 8.01. The fourth-order valence-corrected chi connectivity index (χ4v) is 5.69. The Bertz CT molecular complexity index is 1220. The first-order valence-corrected chi connectivity index (χ1v) is 13.6. The predicted octanol–water partition coefficient (Wildman–Crippen LogP) is 4.57. The van der Waals surface area contributed by atoms with Crippen molar-refractivity contribution in [1.82, 2.24) is 10.2 Å². The van der Waals surface area contributed by atoms with Crippen molar-refractivity contribution in [3.05, 3.63) is 70.2 Å². The number of aliphatic hydroxyl groups excluding tert-OH is 1. The maximum atomic E-state index is 12.4. The molecule has 4 atom stereocenters. The van der Waals surface area contributed by atoms with Crippen LogP contribution >= 0.6 is 23.1 Å². The first kappa shape index (κ1) is 27.2. The van der Waals surface area contributed by atoms with Crippen LogP contribution in [-0.4, -0.2) is 45.1 Å². The monoisotopic (exact) mass is 543 g/mol. The minimum Gasteiger partial charge on any atom is -0.453 e. The van der Waals surface area contributed by atoms with Gasteiger partial charge in [0.05, 0.1) is 18.8 Å². The van der Waals surface area contributed by atoms with Crippen LogP contribution < -0.4 is 5.32 Å². The molecule has 1 amide bonds. The van der Waals surface area contributed by atoms with Crippen LogP contribution in [-0.2, 0) is 30.4 Å². The van der Waals surface area contributed by atoms with Crippen LogP contribution in [0.4, 0.5) is 5.69 Å². The standard InChI is InChI=1S/C26H29N3O6S2/c1-15(33-17(3)31)24(32)27-21-6-4-5-20(11-21)25-34-22(14-36-26-29-28-16(2)37-26)12-23(35-25)19-9-7-18(13-30)8-10-19/h4-11,15,22-23,25,30H,12-14H2,1-3H3,(H,27,32). The molecular weight excluding hydrogens is 514 g/mol. The molecule has 1 fully saturated rings. The molecule has 1 aliphatic rings. The van der Waals surface area contributed by atoms with E-state index in [-0.39, 0.29) is 18.8 Å². The minimum atomic E-state index is -0.917. The summed E-state index contributed by atoms with van der Waals surface area (Å²) >= 11 is 3.15. The summed E-state index contributed by atoms with van der Waals surface area (Å²) in [7, 11) is 0. The number of aliphatic hydroxyl groups is 1. The average Bonchev–Trinajstić information content (AvgIpc) is 3.32. The zero-order valence-electron chi connectivity index (χ0n) is 20.7. The molecule has 3 aromatic rings. The van der Waals surface area contributed by atoms with Crippen molar-refractivity contribution in [3.8, 4) is 0 Å². The van der Waals surface area contributed by atoms with E-state index >= 15 is 0 Å². The van der Waals surface area contributed by atoms with Gasteiger partial charge in [0.25, 0.3) is 5.91 Å². The third kappa shape index (κ3) is 7.59. The third-order valence-corrected chi connectivity index (χ3v) is 7.76. The Morgan fingerprint density at radius 3 is 2.65 bits per heavy atom. The molecule has 0 bridgehead atoms. The highest BCUT2D eigenvalue weighted by Gasteiger charge is 2.32. The number of hydrogen-bond donors (Lipinski definition) is 2. The largest absolute Gasteiger partial charge is 0.453 e. The number of carbonyl (C=O) groups is 2. The third-order valence-electron chi connectivity index (χ3n) is 5.65. The number of aromatic nitrogens is 2. The molecule has 1 saturated heterocycles. The minimum absolute atomic E-state index is 0.0212. The van der Waals surface area contributed by atoms with E-state index in [1.54, 1.807) is 35.2 Å². The van der Waals surface area contributed by atoms with Crippen LogP contribution in [0.2, 0.25) is 0 Å². The van der Waals surface area contributed by atoms with E-state index in [0.717, 1.165) is 26.0 Å². The first-order chi connectivity index (χ1) is 17.8. The predicted molar refractivity (Wildman–Crippen MR) is 140 cm³/mol. The summed E-state index contributed by atoms with van der Waals surface area (Å²) < 4.78 is 18.6. The van der Waals surface area contributed by atoms with E-state index in [9.17, 15) is 14.7 Å². The van der Waals surface area contributed by atoms with E-state index in [1.807, 2.05) is 43.3 Å². The Labute approximate surface area is 223 Å².